The van der Waals surface area contributed by atoms with Crippen LogP contribution in [0.5, 0.6) is 5.75 Å². The fourth-order valence-corrected chi connectivity index (χ4v) is 3.15. The van der Waals surface area contributed by atoms with E-state index in [0.717, 1.165) is 23.1 Å². The van der Waals surface area contributed by atoms with Crippen LogP contribution in [0.15, 0.2) is 71.7 Å². The van der Waals surface area contributed by atoms with Crippen molar-refractivity contribution in [2.45, 2.75) is 26.8 Å². The minimum atomic E-state index is -0.689. The molecule has 0 fully saturated rings. The highest BCUT2D eigenvalue weighted by atomic mass is 16.5. The largest absolute Gasteiger partial charge is 0.483 e. The predicted molar refractivity (Wildman–Crippen MR) is 118 cm³/mol. The lowest BCUT2D eigenvalue weighted by molar-refractivity contribution is -0.123. The molecule has 0 unspecified atom stereocenters. The maximum Gasteiger partial charge on any atom is 0.276 e. The van der Waals surface area contributed by atoms with Crippen molar-refractivity contribution >= 4 is 11.8 Å². The zero-order chi connectivity index (χ0) is 22.2. The molecular formula is C24H25N3O4. The van der Waals surface area contributed by atoms with Crippen LogP contribution in [-0.2, 0) is 17.8 Å². The molecule has 31 heavy (non-hydrogen) atoms. The SMILES string of the molecule is CCc1ccccc1OCC(=O)NNC(=O)c1cccn(Cc2cccc(C)c2)c1=O. The van der Waals surface area contributed by atoms with Crippen LogP contribution in [0.3, 0.4) is 0 Å². The van der Waals surface area contributed by atoms with Crippen LogP contribution in [-0.4, -0.2) is 23.0 Å². The van der Waals surface area contributed by atoms with Crippen molar-refractivity contribution in [1.29, 1.82) is 0 Å². The maximum absolute atomic E-state index is 12.7. The molecule has 0 spiro atoms. The summed E-state index contributed by atoms with van der Waals surface area (Å²) < 4.78 is 6.97. The molecule has 2 aromatic carbocycles. The molecule has 0 radical (unpaired) electrons. The minimum Gasteiger partial charge on any atom is -0.483 e. The molecule has 160 valence electrons. The summed E-state index contributed by atoms with van der Waals surface area (Å²) in [5.41, 5.74) is 7.08. The maximum atomic E-state index is 12.7. The number of amides is 2. The molecule has 0 aliphatic carbocycles. The van der Waals surface area contributed by atoms with Gasteiger partial charge in [-0.2, -0.15) is 0 Å². The summed E-state index contributed by atoms with van der Waals surface area (Å²) in [5, 5.41) is 0. The van der Waals surface area contributed by atoms with Crippen LogP contribution in [0, 0.1) is 6.92 Å². The fraction of sp³-hybridized carbons (Fsp3) is 0.208. The molecule has 2 amide bonds. The first-order valence-electron chi connectivity index (χ1n) is 10.0. The average Bonchev–Trinajstić information content (AvgIpc) is 2.77. The Kier molecular flexibility index (Phi) is 7.22. The van der Waals surface area contributed by atoms with Gasteiger partial charge >= 0.3 is 0 Å². The smallest absolute Gasteiger partial charge is 0.276 e. The Labute approximate surface area is 180 Å². The Morgan fingerprint density at radius 3 is 2.58 bits per heavy atom. The fourth-order valence-electron chi connectivity index (χ4n) is 3.15. The molecule has 0 bridgehead atoms. The number of para-hydroxylation sites is 1. The second-order valence-electron chi connectivity index (χ2n) is 7.10. The van der Waals surface area contributed by atoms with E-state index < -0.39 is 17.4 Å². The third kappa shape index (κ3) is 5.82. The molecule has 3 aromatic rings. The number of aromatic nitrogens is 1. The van der Waals surface area contributed by atoms with Gasteiger partial charge in [0.2, 0.25) is 0 Å². The number of nitrogens with zero attached hydrogens (tertiary/aromatic N) is 1. The van der Waals surface area contributed by atoms with Gasteiger partial charge in [-0.15, -0.1) is 0 Å². The van der Waals surface area contributed by atoms with Gasteiger partial charge in [0.1, 0.15) is 11.3 Å². The van der Waals surface area contributed by atoms with Crippen molar-refractivity contribution in [3.8, 4) is 5.75 Å². The van der Waals surface area contributed by atoms with Crippen LogP contribution in [0.25, 0.3) is 0 Å². The number of aryl methyl sites for hydroxylation is 2. The normalized spacial score (nSPS) is 10.4. The second-order valence-corrected chi connectivity index (χ2v) is 7.10. The predicted octanol–water partition coefficient (Wildman–Crippen LogP) is 2.61. The molecule has 0 aliphatic rings. The molecule has 1 heterocycles. The highest BCUT2D eigenvalue weighted by molar-refractivity contribution is 5.95. The Hall–Kier alpha value is -3.87. The summed E-state index contributed by atoms with van der Waals surface area (Å²) >= 11 is 0. The van der Waals surface area contributed by atoms with E-state index in [9.17, 15) is 14.4 Å². The summed E-state index contributed by atoms with van der Waals surface area (Å²) in [5.74, 6) is -0.602. The van der Waals surface area contributed by atoms with E-state index in [-0.39, 0.29) is 12.2 Å². The molecule has 0 saturated carbocycles. The first-order valence-corrected chi connectivity index (χ1v) is 10.0. The number of rotatable bonds is 7. The van der Waals surface area contributed by atoms with Gasteiger partial charge in [-0.3, -0.25) is 25.2 Å². The van der Waals surface area contributed by atoms with Crippen LogP contribution in [0.2, 0.25) is 0 Å². The van der Waals surface area contributed by atoms with Crippen LogP contribution < -0.4 is 21.1 Å². The summed E-state index contributed by atoms with van der Waals surface area (Å²) in [4.78, 5) is 37.2. The van der Waals surface area contributed by atoms with Gasteiger partial charge < -0.3 is 9.30 Å². The number of benzene rings is 2. The third-order valence-corrected chi connectivity index (χ3v) is 4.73. The van der Waals surface area contributed by atoms with Gasteiger partial charge in [0.25, 0.3) is 17.4 Å². The molecule has 0 saturated heterocycles. The lowest BCUT2D eigenvalue weighted by Crippen LogP contribution is -2.45. The van der Waals surface area contributed by atoms with Gasteiger partial charge in [-0.1, -0.05) is 55.0 Å². The van der Waals surface area contributed by atoms with E-state index in [2.05, 4.69) is 10.9 Å². The summed E-state index contributed by atoms with van der Waals surface area (Å²) in [7, 11) is 0. The van der Waals surface area contributed by atoms with Crippen LogP contribution in [0.4, 0.5) is 0 Å². The monoisotopic (exact) mass is 419 g/mol. The number of carbonyl (C=O) groups is 2. The lowest BCUT2D eigenvalue weighted by atomic mass is 10.1. The lowest BCUT2D eigenvalue weighted by Gasteiger charge is -2.12. The number of nitrogens with one attached hydrogen (secondary N) is 2. The zero-order valence-corrected chi connectivity index (χ0v) is 17.6. The van der Waals surface area contributed by atoms with E-state index in [4.69, 9.17) is 4.74 Å². The van der Waals surface area contributed by atoms with Crippen molar-refractivity contribution in [1.82, 2.24) is 15.4 Å². The molecule has 7 nitrogen and oxygen atoms in total. The zero-order valence-electron chi connectivity index (χ0n) is 17.6. The molecule has 0 aliphatic heterocycles. The van der Waals surface area contributed by atoms with Crippen molar-refractivity contribution in [2.75, 3.05) is 6.61 Å². The minimum absolute atomic E-state index is 0.0623. The average molecular weight is 419 g/mol. The quantitative estimate of drug-likeness (QED) is 0.576. The number of hydrogen-bond acceptors (Lipinski definition) is 4. The van der Waals surface area contributed by atoms with Gasteiger partial charge in [0.15, 0.2) is 6.61 Å². The van der Waals surface area contributed by atoms with Crippen LogP contribution >= 0.6 is 0 Å². The van der Waals surface area contributed by atoms with E-state index in [1.54, 1.807) is 18.3 Å². The van der Waals surface area contributed by atoms with Gasteiger partial charge in [-0.05, 0) is 42.7 Å². The highest BCUT2D eigenvalue weighted by Crippen LogP contribution is 2.17. The first kappa shape index (κ1) is 21.8. The Bertz CT molecular complexity index is 1140. The Morgan fingerprint density at radius 2 is 1.81 bits per heavy atom. The van der Waals surface area contributed by atoms with Gasteiger partial charge in [0.05, 0.1) is 6.54 Å². The summed E-state index contributed by atoms with van der Waals surface area (Å²) in [6.45, 7) is 4.06. The molecule has 2 N–H and O–H groups in total. The molecule has 7 heteroatoms. The Morgan fingerprint density at radius 1 is 1.00 bits per heavy atom. The Balaban J connectivity index is 1.59. The number of ether oxygens (including phenoxy) is 1. The van der Waals surface area contributed by atoms with Gasteiger partial charge in [-0.25, -0.2) is 0 Å². The first-order chi connectivity index (χ1) is 15.0. The van der Waals surface area contributed by atoms with Crippen molar-refractivity contribution in [3.05, 3.63) is 99.5 Å². The molecule has 3 rings (SSSR count). The van der Waals surface area contributed by atoms with Crippen molar-refractivity contribution in [2.24, 2.45) is 0 Å². The van der Waals surface area contributed by atoms with Crippen molar-refractivity contribution in [3.63, 3.8) is 0 Å². The van der Waals surface area contributed by atoms with Gasteiger partial charge in [0, 0.05) is 6.20 Å². The third-order valence-electron chi connectivity index (χ3n) is 4.73. The van der Waals surface area contributed by atoms with Crippen molar-refractivity contribution < 1.29 is 14.3 Å². The second kappa shape index (κ2) is 10.2. The number of carbonyl (C=O) groups excluding carboxylic acids is 2. The number of pyridine rings is 1. The standard InChI is InChI=1S/C24H25N3O4/c1-3-19-10-4-5-12-21(19)31-16-22(28)25-26-23(29)20-11-7-13-27(24(20)30)15-18-9-6-8-17(2)14-18/h4-14H,3,15-16H2,1-2H3,(H,25,28)(H,26,29). The molecular weight excluding hydrogens is 394 g/mol. The molecule has 1 aromatic heterocycles. The molecule has 0 atom stereocenters. The number of hydrogen-bond donors (Lipinski definition) is 2. The van der Waals surface area contributed by atoms with Crippen LogP contribution in [0.1, 0.15) is 34.0 Å². The highest BCUT2D eigenvalue weighted by Gasteiger charge is 2.14. The topological polar surface area (TPSA) is 89.4 Å². The van der Waals surface area contributed by atoms with E-state index in [1.807, 2.05) is 56.3 Å². The van der Waals surface area contributed by atoms with E-state index in [1.165, 1.54) is 10.6 Å². The van der Waals surface area contributed by atoms with E-state index in [0.29, 0.717) is 12.3 Å². The summed E-state index contributed by atoms with van der Waals surface area (Å²) in [6, 6.07) is 18.3. The number of hydrazine groups is 1. The summed E-state index contributed by atoms with van der Waals surface area (Å²) in [6.07, 6.45) is 2.40. The van der Waals surface area contributed by atoms with E-state index >= 15 is 0 Å².